The van der Waals surface area contributed by atoms with E-state index in [2.05, 4.69) is 20.9 Å². The van der Waals surface area contributed by atoms with Crippen molar-refractivity contribution < 1.29 is 19.2 Å². The zero-order valence-corrected chi connectivity index (χ0v) is 11.1. The van der Waals surface area contributed by atoms with Crippen LogP contribution in [0, 0.1) is 6.92 Å². The van der Waals surface area contributed by atoms with Crippen LogP contribution in [0.25, 0.3) is 0 Å². The number of rotatable bonds is 2. The summed E-state index contributed by atoms with van der Waals surface area (Å²) in [6.45, 7) is 1.79. The molecule has 7 heteroatoms. The molecule has 0 N–H and O–H groups in total. The highest BCUT2D eigenvalue weighted by atomic mass is 79.9. The number of carbonyl (C=O) groups excluding carboxylic acids is 3. The zero-order chi connectivity index (χ0) is 13.3. The number of hydrogen-bond donors (Lipinski definition) is 0. The lowest BCUT2D eigenvalue weighted by Crippen LogP contribution is -2.32. The second kappa shape index (κ2) is 4.85. The third-order valence-corrected chi connectivity index (χ3v) is 3.27. The Morgan fingerprint density at radius 3 is 2.56 bits per heavy atom. The molecule has 1 saturated heterocycles. The SMILES string of the molecule is Cc1cc(C(=O)ON2C(=O)CCC2=O)ncc1Br. The van der Waals surface area contributed by atoms with Gasteiger partial charge in [-0.25, -0.2) is 9.78 Å². The standard InChI is InChI=1S/C11H9BrN2O4/c1-6-4-8(13-5-7(6)12)11(17)18-14-9(15)2-3-10(14)16/h4-5H,2-3H2,1H3. The van der Waals surface area contributed by atoms with Crippen molar-refractivity contribution in [1.29, 1.82) is 0 Å². The van der Waals surface area contributed by atoms with Crippen LogP contribution in [-0.4, -0.2) is 27.8 Å². The summed E-state index contributed by atoms with van der Waals surface area (Å²) in [6, 6.07) is 1.51. The number of aromatic nitrogens is 1. The first-order chi connectivity index (χ1) is 8.49. The van der Waals surface area contributed by atoms with E-state index in [4.69, 9.17) is 4.84 Å². The maximum absolute atomic E-state index is 11.7. The number of halogens is 1. The molecule has 0 aliphatic carbocycles. The van der Waals surface area contributed by atoms with Crippen molar-refractivity contribution >= 4 is 33.7 Å². The van der Waals surface area contributed by atoms with Gasteiger partial charge in [0.25, 0.3) is 11.8 Å². The minimum absolute atomic E-state index is 0.0446. The topological polar surface area (TPSA) is 76.6 Å². The Bertz CT molecular complexity index is 528. The van der Waals surface area contributed by atoms with E-state index in [1.54, 1.807) is 6.92 Å². The smallest absolute Gasteiger partial charge is 0.323 e. The molecule has 0 atom stereocenters. The molecular formula is C11H9BrN2O4. The molecule has 0 spiro atoms. The molecule has 1 aromatic heterocycles. The van der Waals surface area contributed by atoms with Gasteiger partial charge in [-0.05, 0) is 34.5 Å². The first kappa shape index (κ1) is 12.7. The average molecular weight is 313 g/mol. The van der Waals surface area contributed by atoms with Crippen molar-refractivity contribution in [2.75, 3.05) is 0 Å². The first-order valence-electron chi connectivity index (χ1n) is 5.19. The number of carbonyl (C=O) groups is 3. The molecule has 2 heterocycles. The van der Waals surface area contributed by atoms with Crippen LogP contribution in [0.5, 0.6) is 0 Å². The third kappa shape index (κ3) is 2.40. The number of amides is 2. The first-order valence-corrected chi connectivity index (χ1v) is 5.98. The number of hydrogen-bond acceptors (Lipinski definition) is 5. The summed E-state index contributed by atoms with van der Waals surface area (Å²) in [5, 5.41) is 0.501. The van der Waals surface area contributed by atoms with Crippen molar-refractivity contribution in [1.82, 2.24) is 10.0 Å². The summed E-state index contributed by atoms with van der Waals surface area (Å²) in [7, 11) is 0. The largest absolute Gasteiger partial charge is 0.382 e. The summed E-state index contributed by atoms with van der Waals surface area (Å²) in [6.07, 6.45) is 1.59. The van der Waals surface area contributed by atoms with E-state index < -0.39 is 17.8 Å². The highest BCUT2D eigenvalue weighted by molar-refractivity contribution is 9.10. The van der Waals surface area contributed by atoms with Crippen LogP contribution in [0.3, 0.4) is 0 Å². The maximum Gasteiger partial charge on any atom is 0.382 e. The van der Waals surface area contributed by atoms with Gasteiger partial charge in [0, 0.05) is 23.5 Å². The molecule has 1 aliphatic heterocycles. The number of pyridine rings is 1. The summed E-state index contributed by atoms with van der Waals surface area (Å²) in [5.41, 5.74) is 0.847. The van der Waals surface area contributed by atoms with Gasteiger partial charge in [-0.2, -0.15) is 0 Å². The van der Waals surface area contributed by atoms with Crippen LogP contribution < -0.4 is 0 Å². The van der Waals surface area contributed by atoms with Crippen LogP contribution >= 0.6 is 15.9 Å². The maximum atomic E-state index is 11.7. The van der Waals surface area contributed by atoms with Gasteiger partial charge in [-0.1, -0.05) is 0 Å². The summed E-state index contributed by atoms with van der Waals surface area (Å²) >= 11 is 3.25. The van der Waals surface area contributed by atoms with E-state index in [9.17, 15) is 14.4 Å². The molecule has 0 saturated carbocycles. The number of aryl methyl sites for hydroxylation is 1. The molecule has 94 valence electrons. The predicted octanol–water partition coefficient (Wildman–Crippen LogP) is 1.37. The molecule has 0 aromatic carbocycles. The van der Waals surface area contributed by atoms with E-state index >= 15 is 0 Å². The van der Waals surface area contributed by atoms with Crippen molar-refractivity contribution in [3.05, 3.63) is 28.0 Å². The number of imide groups is 1. The summed E-state index contributed by atoms with van der Waals surface area (Å²) in [5.74, 6) is -1.85. The fraction of sp³-hybridized carbons (Fsp3) is 0.273. The predicted molar refractivity (Wildman–Crippen MR) is 63.2 cm³/mol. The van der Waals surface area contributed by atoms with Crippen LogP contribution in [-0.2, 0) is 14.4 Å². The fourth-order valence-corrected chi connectivity index (χ4v) is 1.66. The monoisotopic (exact) mass is 312 g/mol. The van der Waals surface area contributed by atoms with E-state index in [1.807, 2.05) is 0 Å². The average Bonchev–Trinajstić information content (AvgIpc) is 2.64. The molecule has 0 unspecified atom stereocenters. The van der Waals surface area contributed by atoms with Gasteiger partial charge < -0.3 is 4.84 Å². The quantitative estimate of drug-likeness (QED) is 0.771. The van der Waals surface area contributed by atoms with Gasteiger partial charge in [-0.3, -0.25) is 9.59 Å². The number of nitrogens with zero attached hydrogens (tertiary/aromatic N) is 2. The highest BCUT2D eigenvalue weighted by Gasteiger charge is 2.33. The van der Waals surface area contributed by atoms with Gasteiger partial charge in [0.1, 0.15) is 0 Å². The molecule has 18 heavy (non-hydrogen) atoms. The molecule has 2 amide bonds. The molecule has 2 rings (SSSR count). The lowest BCUT2D eigenvalue weighted by atomic mass is 10.2. The lowest BCUT2D eigenvalue weighted by molar-refractivity contribution is -0.172. The van der Waals surface area contributed by atoms with Crippen molar-refractivity contribution in [3.8, 4) is 0 Å². The molecular weight excluding hydrogens is 304 g/mol. The van der Waals surface area contributed by atoms with Crippen molar-refractivity contribution in [2.45, 2.75) is 19.8 Å². The Balaban J connectivity index is 2.14. The van der Waals surface area contributed by atoms with E-state index in [0.29, 0.717) is 5.06 Å². The van der Waals surface area contributed by atoms with Crippen molar-refractivity contribution in [2.24, 2.45) is 0 Å². The van der Waals surface area contributed by atoms with Crippen LogP contribution in [0.15, 0.2) is 16.7 Å². The van der Waals surface area contributed by atoms with E-state index in [0.717, 1.165) is 10.0 Å². The summed E-state index contributed by atoms with van der Waals surface area (Å²) < 4.78 is 0.757. The fourth-order valence-electron chi connectivity index (χ4n) is 1.44. The second-order valence-corrected chi connectivity index (χ2v) is 4.63. The van der Waals surface area contributed by atoms with Gasteiger partial charge in [0.2, 0.25) is 0 Å². The van der Waals surface area contributed by atoms with Crippen molar-refractivity contribution in [3.63, 3.8) is 0 Å². The molecule has 1 aromatic rings. The van der Waals surface area contributed by atoms with E-state index in [-0.39, 0.29) is 18.5 Å². The Hall–Kier alpha value is -1.76. The van der Waals surface area contributed by atoms with Crippen LogP contribution in [0.1, 0.15) is 28.9 Å². The van der Waals surface area contributed by atoms with Gasteiger partial charge in [-0.15, -0.1) is 5.06 Å². The zero-order valence-electron chi connectivity index (χ0n) is 9.47. The highest BCUT2D eigenvalue weighted by Crippen LogP contribution is 2.17. The Morgan fingerprint density at radius 2 is 2.00 bits per heavy atom. The lowest BCUT2D eigenvalue weighted by Gasteiger charge is -2.12. The minimum Gasteiger partial charge on any atom is -0.323 e. The molecule has 6 nitrogen and oxygen atoms in total. The molecule has 0 radical (unpaired) electrons. The Labute approximate surface area is 111 Å². The van der Waals surface area contributed by atoms with Gasteiger partial charge >= 0.3 is 5.97 Å². The minimum atomic E-state index is -0.825. The normalized spacial score (nSPS) is 15.1. The number of hydroxylamine groups is 2. The van der Waals surface area contributed by atoms with Gasteiger partial charge in [0.05, 0.1) is 0 Å². The van der Waals surface area contributed by atoms with Crippen LogP contribution in [0.4, 0.5) is 0 Å². The molecule has 1 aliphatic rings. The second-order valence-electron chi connectivity index (χ2n) is 3.78. The molecule has 1 fully saturated rings. The Morgan fingerprint density at radius 1 is 1.39 bits per heavy atom. The summed E-state index contributed by atoms with van der Waals surface area (Å²) in [4.78, 5) is 42.8. The molecule has 0 bridgehead atoms. The van der Waals surface area contributed by atoms with Crippen LogP contribution in [0.2, 0.25) is 0 Å². The third-order valence-electron chi connectivity index (χ3n) is 2.44. The Kier molecular flexibility index (Phi) is 3.42. The van der Waals surface area contributed by atoms with Gasteiger partial charge in [0.15, 0.2) is 5.69 Å². The van der Waals surface area contributed by atoms with E-state index in [1.165, 1.54) is 12.3 Å².